The quantitative estimate of drug-likeness (QED) is 0.554. The Labute approximate surface area is 58.4 Å². The molecule has 1 atom stereocenters. The molecule has 0 aliphatic rings. The van der Waals surface area contributed by atoms with Gasteiger partial charge in [0.15, 0.2) is 0 Å². The normalized spacial score (nSPS) is 13.7. The van der Waals surface area contributed by atoms with Crippen molar-refractivity contribution in [3.8, 4) is 0 Å². The SMILES string of the molecule is [CH2]CCOC(C)CCC. The first-order chi connectivity index (χ1) is 4.31. The number of hydrogen-bond donors (Lipinski definition) is 0. The standard InChI is InChI=1S/C8H17O/c1-4-6-8(3)9-7-5-2/h8H,2,4-7H2,1,3H3. The topological polar surface area (TPSA) is 9.23 Å². The molecule has 0 heterocycles. The van der Waals surface area contributed by atoms with Crippen molar-refractivity contribution in [1.29, 1.82) is 0 Å². The van der Waals surface area contributed by atoms with Crippen LogP contribution in [0.5, 0.6) is 0 Å². The van der Waals surface area contributed by atoms with Gasteiger partial charge in [-0.05, 0) is 19.8 Å². The summed E-state index contributed by atoms with van der Waals surface area (Å²) in [5.41, 5.74) is 0. The minimum absolute atomic E-state index is 0.428. The van der Waals surface area contributed by atoms with Crippen LogP contribution in [0.3, 0.4) is 0 Å². The lowest BCUT2D eigenvalue weighted by Crippen LogP contribution is -2.07. The van der Waals surface area contributed by atoms with Crippen molar-refractivity contribution in [3.63, 3.8) is 0 Å². The van der Waals surface area contributed by atoms with Crippen molar-refractivity contribution in [3.05, 3.63) is 6.92 Å². The predicted octanol–water partition coefficient (Wildman–Crippen LogP) is 2.42. The highest BCUT2D eigenvalue weighted by atomic mass is 16.5. The number of hydrogen-bond acceptors (Lipinski definition) is 1. The van der Waals surface area contributed by atoms with Crippen LogP contribution in [-0.2, 0) is 4.74 Å². The molecule has 0 spiro atoms. The van der Waals surface area contributed by atoms with E-state index in [0.29, 0.717) is 6.10 Å². The second-order valence-electron chi connectivity index (χ2n) is 2.32. The maximum Gasteiger partial charge on any atom is 0.0546 e. The molecular formula is C8H17O. The lowest BCUT2D eigenvalue weighted by molar-refractivity contribution is 0.0629. The summed E-state index contributed by atoms with van der Waals surface area (Å²) in [5.74, 6) is 0. The van der Waals surface area contributed by atoms with E-state index in [0.717, 1.165) is 13.0 Å². The van der Waals surface area contributed by atoms with Crippen LogP contribution in [0.25, 0.3) is 0 Å². The number of ether oxygens (including phenoxy) is 1. The van der Waals surface area contributed by atoms with Gasteiger partial charge in [-0.15, -0.1) is 0 Å². The van der Waals surface area contributed by atoms with Crippen LogP contribution in [0.2, 0.25) is 0 Å². The summed E-state index contributed by atoms with van der Waals surface area (Å²) >= 11 is 0. The van der Waals surface area contributed by atoms with Gasteiger partial charge in [-0.25, -0.2) is 0 Å². The van der Waals surface area contributed by atoms with Crippen molar-refractivity contribution in [2.75, 3.05) is 6.61 Å². The Morgan fingerprint density at radius 3 is 2.67 bits per heavy atom. The van der Waals surface area contributed by atoms with E-state index in [9.17, 15) is 0 Å². The zero-order valence-electron chi connectivity index (χ0n) is 6.52. The Bertz CT molecular complexity index is 52.5. The lowest BCUT2D eigenvalue weighted by Gasteiger charge is -2.09. The minimum Gasteiger partial charge on any atom is -0.379 e. The molecule has 0 aromatic carbocycles. The minimum atomic E-state index is 0.428. The van der Waals surface area contributed by atoms with Gasteiger partial charge in [0.2, 0.25) is 0 Å². The van der Waals surface area contributed by atoms with Gasteiger partial charge in [-0.1, -0.05) is 20.3 Å². The third-order valence-corrected chi connectivity index (χ3v) is 1.24. The molecule has 1 radical (unpaired) electrons. The van der Waals surface area contributed by atoms with Gasteiger partial charge in [-0.3, -0.25) is 0 Å². The summed E-state index contributed by atoms with van der Waals surface area (Å²) in [6.07, 6.45) is 3.68. The first-order valence-corrected chi connectivity index (χ1v) is 3.72. The molecule has 1 nitrogen and oxygen atoms in total. The van der Waals surface area contributed by atoms with Crippen molar-refractivity contribution >= 4 is 0 Å². The van der Waals surface area contributed by atoms with Crippen LogP contribution in [0.1, 0.15) is 33.1 Å². The van der Waals surface area contributed by atoms with Gasteiger partial charge in [0, 0.05) is 6.61 Å². The summed E-state index contributed by atoms with van der Waals surface area (Å²) in [6.45, 7) is 8.78. The molecular weight excluding hydrogens is 112 g/mol. The average Bonchev–Trinajstić information content (AvgIpc) is 1.85. The molecule has 1 unspecified atom stereocenters. The average molecular weight is 129 g/mol. The molecule has 1 heteroatoms. The van der Waals surface area contributed by atoms with Crippen LogP contribution in [0, 0.1) is 6.92 Å². The summed E-state index contributed by atoms with van der Waals surface area (Å²) in [6, 6.07) is 0. The third kappa shape index (κ3) is 5.84. The molecule has 0 fully saturated rings. The monoisotopic (exact) mass is 129 g/mol. The van der Waals surface area contributed by atoms with Crippen molar-refractivity contribution in [2.24, 2.45) is 0 Å². The van der Waals surface area contributed by atoms with Gasteiger partial charge in [-0.2, -0.15) is 0 Å². The molecule has 0 aliphatic carbocycles. The molecule has 0 aromatic rings. The van der Waals surface area contributed by atoms with E-state index >= 15 is 0 Å². The predicted molar refractivity (Wildman–Crippen MR) is 40.3 cm³/mol. The van der Waals surface area contributed by atoms with E-state index in [2.05, 4.69) is 20.8 Å². The maximum absolute atomic E-state index is 5.37. The molecule has 0 aromatic heterocycles. The molecule has 0 saturated heterocycles. The zero-order chi connectivity index (χ0) is 7.11. The van der Waals surface area contributed by atoms with Crippen molar-refractivity contribution < 1.29 is 4.74 Å². The van der Waals surface area contributed by atoms with E-state index in [-0.39, 0.29) is 0 Å². The van der Waals surface area contributed by atoms with Crippen LogP contribution in [0.15, 0.2) is 0 Å². The maximum atomic E-state index is 5.37. The fourth-order valence-corrected chi connectivity index (χ4v) is 0.774. The van der Waals surface area contributed by atoms with E-state index in [1.807, 2.05) is 0 Å². The van der Waals surface area contributed by atoms with Gasteiger partial charge in [0.1, 0.15) is 0 Å². The Morgan fingerprint density at radius 2 is 2.22 bits per heavy atom. The molecule has 0 N–H and O–H groups in total. The van der Waals surface area contributed by atoms with E-state index in [1.165, 1.54) is 12.8 Å². The van der Waals surface area contributed by atoms with Gasteiger partial charge in [0.25, 0.3) is 0 Å². The molecule has 0 bridgehead atoms. The highest BCUT2D eigenvalue weighted by molar-refractivity contribution is 4.48. The smallest absolute Gasteiger partial charge is 0.0546 e. The van der Waals surface area contributed by atoms with E-state index in [4.69, 9.17) is 4.74 Å². The fraction of sp³-hybridized carbons (Fsp3) is 0.875. The van der Waals surface area contributed by atoms with Crippen LogP contribution in [0.4, 0.5) is 0 Å². The summed E-state index contributed by atoms with van der Waals surface area (Å²) < 4.78 is 5.37. The molecule has 0 saturated carbocycles. The fourth-order valence-electron chi connectivity index (χ4n) is 0.774. The third-order valence-electron chi connectivity index (χ3n) is 1.24. The summed E-state index contributed by atoms with van der Waals surface area (Å²) in [4.78, 5) is 0. The lowest BCUT2D eigenvalue weighted by atomic mass is 10.2. The summed E-state index contributed by atoms with van der Waals surface area (Å²) in [7, 11) is 0. The van der Waals surface area contributed by atoms with Gasteiger partial charge >= 0.3 is 0 Å². The first-order valence-electron chi connectivity index (χ1n) is 3.72. The highest BCUT2D eigenvalue weighted by Crippen LogP contribution is 2.00. The first kappa shape index (κ1) is 8.96. The van der Waals surface area contributed by atoms with Crippen LogP contribution in [-0.4, -0.2) is 12.7 Å². The highest BCUT2D eigenvalue weighted by Gasteiger charge is 1.96. The van der Waals surface area contributed by atoms with Gasteiger partial charge < -0.3 is 4.74 Å². The van der Waals surface area contributed by atoms with E-state index < -0.39 is 0 Å². The van der Waals surface area contributed by atoms with Crippen LogP contribution >= 0.6 is 0 Å². The number of rotatable bonds is 5. The molecule has 0 aliphatic heterocycles. The van der Waals surface area contributed by atoms with Crippen molar-refractivity contribution in [2.45, 2.75) is 39.2 Å². The largest absolute Gasteiger partial charge is 0.379 e. The Hall–Kier alpha value is -0.0400. The summed E-state index contributed by atoms with van der Waals surface area (Å²) in [5, 5.41) is 0. The molecule has 55 valence electrons. The second-order valence-corrected chi connectivity index (χ2v) is 2.32. The Balaban J connectivity index is 2.95. The van der Waals surface area contributed by atoms with Crippen LogP contribution < -0.4 is 0 Å². The van der Waals surface area contributed by atoms with E-state index in [1.54, 1.807) is 0 Å². The van der Waals surface area contributed by atoms with Crippen molar-refractivity contribution in [1.82, 2.24) is 0 Å². The zero-order valence-corrected chi connectivity index (χ0v) is 6.52. The second kappa shape index (κ2) is 6.09. The Morgan fingerprint density at radius 1 is 1.56 bits per heavy atom. The Kier molecular flexibility index (Phi) is 6.06. The van der Waals surface area contributed by atoms with Gasteiger partial charge in [0.05, 0.1) is 6.10 Å². The molecule has 0 amide bonds. The molecule has 9 heavy (non-hydrogen) atoms. The molecule has 0 rings (SSSR count).